The summed E-state index contributed by atoms with van der Waals surface area (Å²) in [5.74, 6) is 1.37. The minimum atomic E-state index is -0.515. The number of ether oxygens (including phenoxy) is 2. The predicted molar refractivity (Wildman–Crippen MR) is 71.2 cm³/mol. The van der Waals surface area contributed by atoms with Gasteiger partial charge in [0.25, 0.3) is 5.69 Å². The first-order chi connectivity index (χ1) is 9.11. The van der Waals surface area contributed by atoms with Gasteiger partial charge in [-0.3, -0.25) is 10.1 Å². The molecule has 2 aromatic carbocycles. The molecule has 0 saturated carbocycles. The summed E-state index contributed by atoms with van der Waals surface area (Å²) in [5.41, 5.74) is -0.0858. The fourth-order valence-electron chi connectivity index (χ4n) is 1.51. The molecule has 0 heterocycles. The third-order valence-electron chi connectivity index (χ3n) is 2.42. The van der Waals surface area contributed by atoms with E-state index in [1.807, 2.05) is 6.07 Å². The number of hydrogen-bond donors (Lipinski definition) is 0. The maximum absolute atomic E-state index is 10.6. The van der Waals surface area contributed by atoms with Crippen LogP contribution in [0.25, 0.3) is 0 Å². The van der Waals surface area contributed by atoms with E-state index < -0.39 is 4.92 Å². The van der Waals surface area contributed by atoms with E-state index in [2.05, 4.69) is 0 Å². The van der Waals surface area contributed by atoms with Gasteiger partial charge in [-0.25, -0.2) is 0 Å². The van der Waals surface area contributed by atoms with Crippen molar-refractivity contribution in [2.75, 3.05) is 7.11 Å². The molecule has 0 aliphatic rings. The maximum atomic E-state index is 10.6. The molecule has 0 fully saturated rings. The first-order valence-corrected chi connectivity index (χ1v) is 5.74. The number of nitro groups is 1. The summed E-state index contributed by atoms with van der Waals surface area (Å²) in [6, 6.07) is 11.1. The number of rotatable bonds is 4. The number of methoxy groups -OCH3 is 1. The van der Waals surface area contributed by atoms with Crippen LogP contribution in [0.2, 0.25) is 5.02 Å². The van der Waals surface area contributed by atoms with Gasteiger partial charge in [-0.15, -0.1) is 0 Å². The molecule has 0 unspecified atom stereocenters. The lowest BCUT2D eigenvalue weighted by molar-refractivity contribution is -0.384. The highest BCUT2D eigenvalue weighted by atomic mass is 35.5. The molecular weight excluding hydrogens is 270 g/mol. The van der Waals surface area contributed by atoms with Crippen LogP contribution in [0.4, 0.5) is 5.69 Å². The third kappa shape index (κ3) is 2.95. The maximum Gasteiger partial charge on any atom is 0.271 e. The van der Waals surface area contributed by atoms with Crippen LogP contribution >= 0.6 is 11.6 Å². The highest BCUT2D eigenvalue weighted by Crippen LogP contribution is 2.36. The number of halogens is 1. The highest BCUT2D eigenvalue weighted by molar-refractivity contribution is 6.32. The molecule has 0 radical (unpaired) electrons. The molecule has 5 nitrogen and oxygen atoms in total. The Kier molecular flexibility index (Phi) is 3.87. The number of hydrogen-bond acceptors (Lipinski definition) is 4. The van der Waals surface area contributed by atoms with Crippen LogP contribution in [0.15, 0.2) is 42.5 Å². The number of nitro benzene ring substituents is 1. The zero-order valence-corrected chi connectivity index (χ0v) is 10.8. The van der Waals surface area contributed by atoms with Crippen molar-refractivity contribution in [3.8, 4) is 17.2 Å². The van der Waals surface area contributed by atoms with Crippen molar-refractivity contribution in [3.05, 3.63) is 57.6 Å². The van der Waals surface area contributed by atoms with Crippen LogP contribution in [0, 0.1) is 10.1 Å². The van der Waals surface area contributed by atoms with Crippen LogP contribution in [-0.2, 0) is 0 Å². The highest BCUT2D eigenvalue weighted by Gasteiger charge is 2.12. The van der Waals surface area contributed by atoms with E-state index in [1.165, 1.54) is 25.3 Å². The molecule has 2 rings (SSSR count). The Hall–Kier alpha value is -2.27. The summed E-state index contributed by atoms with van der Waals surface area (Å²) in [7, 11) is 1.53. The Morgan fingerprint density at radius 2 is 1.79 bits per heavy atom. The van der Waals surface area contributed by atoms with Crippen LogP contribution in [0.3, 0.4) is 0 Å². The molecule has 0 aliphatic carbocycles. The van der Waals surface area contributed by atoms with Gasteiger partial charge < -0.3 is 9.47 Å². The zero-order valence-electron chi connectivity index (χ0n) is 10.00. The molecule has 0 bridgehead atoms. The fourth-order valence-corrected chi connectivity index (χ4v) is 1.72. The van der Waals surface area contributed by atoms with Crippen molar-refractivity contribution in [1.82, 2.24) is 0 Å². The Bertz CT molecular complexity index is 615. The van der Waals surface area contributed by atoms with Crippen molar-refractivity contribution in [3.63, 3.8) is 0 Å². The minimum absolute atomic E-state index is 0.0858. The molecular formula is C13H10ClNO4. The number of non-ortho nitro benzene ring substituents is 1. The number of para-hydroxylation sites is 2. The largest absolute Gasteiger partial charge is 0.493 e. The second kappa shape index (κ2) is 5.58. The van der Waals surface area contributed by atoms with Crippen LogP contribution in [0.5, 0.6) is 17.2 Å². The smallest absolute Gasteiger partial charge is 0.271 e. The van der Waals surface area contributed by atoms with E-state index in [-0.39, 0.29) is 10.7 Å². The second-order valence-electron chi connectivity index (χ2n) is 3.62. The average molecular weight is 280 g/mol. The van der Waals surface area contributed by atoms with Gasteiger partial charge in [-0.05, 0) is 18.2 Å². The van der Waals surface area contributed by atoms with Gasteiger partial charge in [-0.2, -0.15) is 0 Å². The van der Waals surface area contributed by atoms with E-state index >= 15 is 0 Å². The minimum Gasteiger partial charge on any atom is -0.493 e. The third-order valence-corrected chi connectivity index (χ3v) is 2.71. The summed E-state index contributed by atoms with van der Waals surface area (Å²) >= 11 is 5.95. The normalized spacial score (nSPS) is 10.0. The predicted octanol–water partition coefficient (Wildman–Crippen LogP) is 4.05. The van der Waals surface area contributed by atoms with Crippen molar-refractivity contribution < 1.29 is 14.4 Å². The van der Waals surface area contributed by atoms with Gasteiger partial charge in [0, 0.05) is 12.1 Å². The molecule has 0 amide bonds. The van der Waals surface area contributed by atoms with Gasteiger partial charge in [0.05, 0.1) is 17.1 Å². The fraction of sp³-hybridized carbons (Fsp3) is 0.0769. The van der Waals surface area contributed by atoms with Gasteiger partial charge >= 0.3 is 0 Å². The quantitative estimate of drug-likeness (QED) is 0.626. The molecule has 0 aliphatic heterocycles. The number of nitrogens with zero attached hydrogens (tertiary/aromatic N) is 1. The van der Waals surface area contributed by atoms with Gasteiger partial charge in [0.1, 0.15) is 5.75 Å². The Labute approximate surface area is 114 Å². The second-order valence-corrected chi connectivity index (χ2v) is 4.03. The molecule has 2 aromatic rings. The van der Waals surface area contributed by atoms with E-state index in [9.17, 15) is 10.1 Å². The van der Waals surface area contributed by atoms with Gasteiger partial charge in [0.15, 0.2) is 11.5 Å². The van der Waals surface area contributed by atoms with Crippen molar-refractivity contribution in [1.29, 1.82) is 0 Å². The molecule has 0 spiro atoms. The zero-order chi connectivity index (χ0) is 13.8. The van der Waals surface area contributed by atoms with E-state index in [1.54, 1.807) is 18.2 Å². The average Bonchev–Trinajstić information content (AvgIpc) is 2.41. The van der Waals surface area contributed by atoms with Gasteiger partial charge in [0.2, 0.25) is 0 Å². The Balaban J connectivity index is 2.31. The molecule has 0 saturated heterocycles. The summed E-state index contributed by atoms with van der Waals surface area (Å²) in [4.78, 5) is 10.1. The molecule has 0 aromatic heterocycles. The lowest BCUT2D eigenvalue weighted by Gasteiger charge is -2.10. The van der Waals surface area contributed by atoms with Crippen LogP contribution < -0.4 is 9.47 Å². The molecule has 6 heteroatoms. The van der Waals surface area contributed by atoms with Crippen molar-refractivity contribution in [2.45, 2.75) is 0 Å². The van der Waals surface area contributed by atoms with Crippen molar-refractivity contribution >= 4 is 17.3 Å². The SMILES string of the molecule is COc1ccccc1Oc1ccc([N+](=O)[O-])cc1Cl. The topological polar surface area (TPSA) is 61.6 Å². The first kappa shape index (κ1) is 13.2. The van der Waals surface area contributed by atoms with E-state index in [0.717, 1.165) is 0 Å². The lowest BCUT2D eigenvalue weighted by Crippen LogP contribution is -1.92. The summed E-state index contributed by atoms with van der Waals surface area (Å²) < 4.78 is 10.7. The number of benzene rings is 2. The lowest BCUT2D eigenvalue weighted by atomic mass is 10.3. The summed E-state index contributed by atoms with van der Waals surface area (Å²) in [6.07, 6.45) is 0. The summed E-state index contributed by atoms with van der Waals surface area (Å²) in [6.45, 7) is 0. The van der Waals surface area contributed by atoms with E-state index in [0.29, 0.717) is 17.2 Å². The Morgan fingerprint density at radius 1 is 1.11 bits per heavy atom. The monoisotopic (exact) mass is 279 g/mol. The van der Waals surface area contributed by atoms with Gasteiger partial charge in [-0.1, -0.05) is 23.7 Å². The molecule has 98 valence electrons. The molecule has 19 heavy (non-hydrogen) atoms. The van der Waals surface area contributed by atoms with Crippen LogP contribution in [-0.4, -0.2) is 12.0 Å². The van der Waals surface area contributed by atoms with Crippen LogP contribution in [0.1, 0.15) is 0 Å². The molecule has 0 atom stereocenters. The first-order valence-electron chi connectivity index (χ1n) is 5.36. The Morgan fingerprint density at radius 3 is 2.37 bits per heavy atom. The summed E-state index contributed by atoms with van der Waals surface area (Å²) in [5, 5.41) is 10.8. The van der Waals surface area contributed by atoms with Crippen molar-refractivity contribution in [2.24, 2.45) is 0 Å². The van der Waals surface area contributed by atoms with E-state index in [4.69, 9.17) is 21.1 Å². The standard InChI is InChI=1S/C13H10ClNO4/c1-18-12-4-2-3-5-13(12)19-11-7-6-9(15(16)17)8-10(11)14/h2-8H,1H3. The molecule has 0 N–H and O–H groups in total.